The molecule has 2 rings (SSSR count). The lowest BCUT2D eigenvalue weighted by atomic mass is 10.2. The summed E-state index contributed by atoms with van der Waals surface area (Å²) in [7, 11) is 0. The fraction of sp³-hybridized carbons (Fsp3) is 0.500. The number of ether oxygens (including phenoxy) is 1. The van der Waals surface area contributed by atoms with Gasteiger partial charge in [0.15, 0.2) is 0 Å². The van der Waals surface area contributed by atoms with E-state index >= 15 is 0 Å². The smallest absolute Gasteiger partial charge is 0.251 e. The van der Waals surface area contributed by atoms with Crippen molar-refractivity contribution in [2.75, 3.05) is 19.8 Å². The van der Waals surface area contributed by atoms with E-state index in [1.807, 2.05) is 0 Å². The topological polar surface area (TPSA) is 38.3 Å². The van der Waals surface area contributed by atoms with Crippen LogP contribution in [0.25, 0.3) is 0 Å². The summed E-state index contributed by atoms with van der Waals surface area (Å²) in [5.41, 5.74) is 0.355. The van der Waals surface area contributed by atoms with Crippen molar-refractivity contribution in [1.82, 2.24) is 5.32 Å². The van der Waals surface area contributed by atoms with E-state index in [-0.39, 0.29) is 5.91 Å². The number of hydrogen-bond donors (Lipinski definition) is 1. The van der Waals surface area contributed by atoms with E-state index in [0.29, 0.717) is 18.7 Å². The van der Waals surface area contributed by atoms with E-state index in [0.717, 1.165) is 18.9 Å². The summed E-state index contributed by atoms with van der Waals surface area (Å²) in [5.74, 6) is 0.138. The molecule has 1 amide bonds. The number of amides is 1. The SMILES string of the molecule is O=C(NCCCOCC1CC1)c1cccc(F)c1. The third kappa shape index (κ3) is 4.45. The minimum Gasteiger partial charge on any atom is -0.381 e. The van der Waals surface area contributed by atoms with E-state index in [1.54, 1.807) is 6.07 Å². The Labute approximate surface area is 106 Å². The summed E-state index contributed by atoms with van der Waals surface area (Å²) in [6, 6.07) is 5.69. The Balaban J connectivity index is 1.59. The monoisotopic (exact) mass is 251 g/mol. The normalized spacial score (nSPS) is 14.5. The molecule has 3 nitrogen and oxygen atoms in total. The van der Waals surface area contributed by atoms with Crippen LogP contribution in [0.1, 0.15) is 29.6 Å². The molecule has 1 saturated carbocycles. The highest BCUT2D eigenvalue weighted by atomic mass is 19.1. The lowest BCUT2D eigenvalue weighted by Crippen LogP contribution is -2.25. The second kappa shape index (κ2) is 6.50. The maximum Gasteiger partial charge on any atom is 0.251 e. The Morgan fingerprint density at radius 3 is 3.00 bits per heavy atom. The first kappa shape index (κ1) is 13.0. The molecule has 0 aliphatic heterocycles. The average Bonchev–Trinajstić information content (AvgIpc) is 3.17. The Hall–Kier alpha value is -1.42. The van der Waals surface area contributed by atoms with Crippen molar-refractivity contribution < 1.29 is 13.9 Å². The molecule has 1 N–H and O–H groups in total. The van der Waals surface area contributed by atoms with E-state index in [1.165, 1.54) is 31.0 Å². The van der Waals surface area contributed by atoms with Gasteiger partial charge in [-0.25, -0.2) is 4.39 Å². The van der Waals surface area contributed by atoms with Crippen molar-refractivity contribution in [2.24, 2.45) is 5.92 Å². The Kier molecular flexibility index (Phi) is 4.70. The van der Waals surface area contributed by atoms with Crippen LogP contribution in [0.3, 0.4) is 0 Å². The Morgan fingerprint density at radius 1 is 1.44 bits per heavy atom. The first-order valence-corrected chi connectivity index (χ1v) is 6.37. The Bertz CT molecular complexity index is 405. The molecule has 0 spiro atoms. The van der Waals surface area contributed by atoms with E-state index in [4.69, 9.17) is 4.74 Å². The van der Waals surface area contributed by atoms with Gasteiger partial charge in [0.1, 0.15) is 5.82 Å². The maximum atomic E-state index is 12.9. The largest absolute Gasteiger partial charge is 0.381 e. The lowest BCUT2D eigenvalue weighted by Gasteiger charge is -2.06. The number of carbonyl (C=O) groups is 1. The predicted octanol–water partition coefficient (Wildman–Crippen LogP) is 2.37. The average molecular weight is 251 g/mol. The third-order valence-corrected chi connectivity index (χ3v) is 2.89. The van der Waals surface area contributed by atoms with E-state index < -0.39 is 5.82 Å². The van der Waals surface area contributed by atoms with Gasteiger partial charge in [0.25, 0.3) is 5.91 Å². The predicted molar refractivity (Wildman–Crippen MR) is 66.9 cm³/mol. The zero-order valence-electron chi connectivity index (χ0n) is 10.3. The van der Waals surface area contributed by atoms with Crippen LogP contribution in [-0.2, 0) is 4.74 Å². The molecule has 0 unspecified atom stereocenters. The summed E-state index contributed by atoms with van der Waals surface area (Å²) in [6.07, 6.45) is 3.36. The van der Waals surface area contributed by atoms with E-state index in [9.17, 15) is 9.18 Å². The van der Waals surface area contributed by atoms with Gasteiger partial charge in [0.2, 0.25) is 0 Å². The highest BCUT2D eigenvalue weighted by molar-refractivity contribution is 5.94. The molecule has 18 heavy (non-hydrogen) atoms. The molecule has 1 aliphatic rings. The first-order chi connectivity index (χ1) is 8.75. The van der Waals surface area contributed by atoms with Gasteiger partial charge in [0.05, 0.1) is 0 Å². The minimum absolute atomic E-state index is 0.239. The molecule has 0 bridgehead atoms. The van der Waals surface area contributed by atoms with E-state index in [2.05, 4.69) is 5.32 Å². The fourth-order valence-corrected chi connectivity index (χ4v) is 1.64. The van der Waals surface area contributed by atoms with Gasteiger partial charge in [-0.15, -0.1) is 0 Å². The minimum atomic E-state index is -0.393. The molecule has 1 aromatic carbocycles. The number of rotatable bonds is 7. The second-order valence-corrected chi connectivity index (χ2v) is 4.64. The van der Waals surface area contributed by atoms with Gasteiger partial charge < -0.3 is 10.1 Å². The molecule has 4 heteroatoms. The number of halogens is 1. The van der Waals surface area contributed by atoms with Crippen LogP contribution in [0.15, 0.2) is 24.3 Å². The molecular formula is C14H18FNO2. The third-order valence-electron chi connectivity index (χ3n) is 2.89. The van der Waals surface area contributed by atoms with Crippen LogP contribution in [0.2, 0.25) is 0 Å². The summed E-state index contributed by atoms with van der Waals surface area (Å²) in [4.78, 5) is 11.6. The summed E-state index contributed by atoms with van der Waals surface area (Å²) < 4.78 is 18.4. The lowest BCUT2D eigenvalue weighted by molar-refractivity contribution is 0.0937. The quantitative estimate of drug-likeness (QED) is 0.755. The van der Waals surface area contributed by atoms with Gasteiger partial charge in [0, 0.05) is 25.3 Å². The van der Waals surface area contributed by atoms with Gasteiger partial charge in [-0.1, -0.05) is 6.07 Å². The maximum absolute atomic E-state index is 12.9. The van der Waals surface area contributed by atoms with Crippen molar-refractivity contribution in [3.63, 3.8) is 0 Å². The Morgan fingerprint density at radius 2 is 2.28 bits per heavy atom. The first-order valence-electron chi connectivity index (χ1n) is 6.37. The molecule has 1 fully saturated rings. The molecule has 0 radical (unpaired) electrons. The van der Waals surface area contributed by atoms with Crippen molar-refractivity contribution >= 4 is 5.91 Å². The van der Waals surface area contributed by atoms with Crippen LogP contribution < -0.4 is 5.32 Å². The molecule has 1 aliphatic carbocycles. The molecule has 98 valence electrons. The summed E-state index contributed by atoms with van der Waals surface area (Å²) in [5, 5.41) is 2.74. The highest BCUT2D eigenvalue weighted by Gasteiger charge is 2.20. The highest BCUT2D eigenvalue weighted by Crippen LogP contribution is 2.28. The molecule has 0 atom stereocenters. The zero-order valence-corrected chi connectivity index (χ0v) is 10.3. The number of hydrogen-bond acceptors (Lipinski definition) is 2. The molecule has 0 heterocycles. The second-order valence-electron chi connectivity index (χ2n) is 4.64. The molecule has 0 aromatic heterocycles. The van der Waals surface area contributed by atoms with Crippen molar-refractivity contribution in [3.05, 3.63) is 35.6 Å². The number of benzene rings is 1. The van der Waals surface area contributed by atoms with Crippen LogP contribution in [0.5, 0.6) is 0 Å². The van der Waals surface area contributed by atoms with Gasteiger partial charge >= 0.3 is 0 Å². The van der Waals surface area contributed by atoms with Crippen molar-refractivity contribution in [2.45, 2.75) is 19.3 Å². The summed E-state index contributed by atoms with van der Waals surface area (Å²) in [6.45, 7) is 2.07. The molecular weight excluding hydrogens is 233 g/mol. The summed E-state index contributed by atoms with van der Waals surface area (Å²) >= 11 is 0. The fourth-order valence-electron chi connectivity index (χ4n) is 1.64. The molecule has 0 saturated heterocycles. The van der Waals surface area contributed by atoms with Crippen molar-refractivity contribution in [1.29, 1.82) is 0 Å². The number of carbonyl (C=O) groups excluding carboxylic acids is 1. The molecule has 1 aromatic rings. The van der Waals surface area contributed by atoms with Crippen LogP contribution in [0, 0.1) is 11.7 Å². The van der Waals surface area contributed by atoms with Crippen LogP contribution in [0.4, 0.5) is 4.39 Å². The van der Waals surface area contributed by atoms with Gasteiger partial charge in [-0.05, 0) is 43.4 Å². The van der Waals surface area contributed by atoms with Gasteiger partial charge in [-0.3, -0.25) is 4.79 Å². The number of nitrogens with one attached hydrogen (secondary N) is 1. The van der Waals surface area contributed by atoms with Crippen LogP contribution in [-0.4, -0.2) is 25.7 Å². The standard InChI is InChI=1S/C14H18FNO2/c15-13-4-1-3-12(9-13)14(17)16-7-2-8-18-10-11-5-6-11/h1,3-4,9,11H,2,5-8,10H2,(H,16,17). The van der Waals surface area contributed by atoms with Crippen molar-refractivity contribution in [3.8, 4) is 0 Å². The zero-order chi connectivity index (χ0) is 12.8. The van der Waals surface area contributed by atoms with Gasteiger partial charge in [-0.2, -0.15) is 0 Å². The van der Waals surface area contributed by atoms with Crippen LogP contribution >= 0.6 is 0 Å².